The number of benzene rings is 1. The van der Waals surface area contributed by atoms with E-state index in [4.69, 9.17) is 14.0 Å². The summed E-state index contributed by atoms with van der Waals surface area (Å²) in [6.45, 7) is 10.5. The Balaban J connectivity index is 1.85. The fourth-order valence-electron chi connectivity index (χ4n) is 3.32. The standard InChI is InChI=1S/C18H28BNO3/c1-17(2)18(3,4)23-19(22-17)14-6-7-15(16(12-14)21-5)13-8-10-20-11-9-13/h6-7,12-13,20H,8-11H2,1-5H3. The summed E-state index contributed by atoms with van der Waals surface area (Å²) in [7, 11) is 1.41. The van der Waals surface area contributed by atoms with Gasteiger partial charge in [0.1, 0.15) is 5.75 Å². The maximum atomic E-state index is 6.15. The van der Waals surface area contributed by atoms with E-state index in [1.165, 1.54) is 5.56 Å². The van der Waals surface area contributed by atoms with E-state index < -0.39 is 0 Å². The molecular formula is C18H28BNO3. The highest BCUT2D eigenvalue weighted by atomic mass is 16.7. The van der Waals surface area contributed by atoms with E-state index in [1.54, 1.807) is 7.11 Å². The van der Waals surface area contributed by atoms with Crippen LogP contribution < -0.4 is 15.5 Å². The number of methoxy groups -OCH3 is 1. The van der Waals surface area contributed by atoms with Crippen LogP contribution in [0.4, 0.5) is 0 Å². The molecule has 3 rings (SSSR count). The molecule has 2 aliphatic heterocycles. The Labute approximate surface area is 140 Å². The van der Waals surface area contributed by atoms with E-state index in [0.717, 1.165) is 37.1 Å². The minimum Gasteiger partial charge on any atom is -0.496 e. The van der Waals surface area contributed by atoms with E-state index in [9.17, 15) is 0 Å². The molecule has 4 nitrogen and oxygen atoms in total. The Kier molecular flexibility index (Phi) is 4.47. The molecule has 1 aromatic carbocycles. The maximum Gasteiger partial charge on any atom is 0.494 e. The number of rotatable bonds is 3. The molecule has 2 aliphatic rings. The summed E-state index contributed by atoms with van der Waals surface area (Å²) in [5, 5.41) is 3.42. The highest BCUT2D eigenvalue weighted by Crippen LogP contribution is 2.37. The van der Waals surface area contributed by atoms with Crippen molar-refractivity contribution in [2.24, 2.45) is 0 Å². The second-order valence-corrected chi connectivity index (χ2v) is 7.61. The molecule has 2 fully saturated rings. The lowest BCUT2D eigenvalue weighted by Gasteiger charge is -2.32. The molecule has 5 heteroatoms. The summed E-state index contributed by atoms with van der Waals surface area (Å²) in [5.74, 6) is 1.52. The highest BCUT2D eigenvalue weighted by molar-refractivity contribution is 6.62. The van der Waals surface area contributed by atoms with Crippen LogP contribution in [-0.2, 0) is 9.31 Å². The molecule has 0 saturated carbocycles. The minimum absolute atomic E-state index is 0.321. The Bertz CT molecular complexity index is 551. The second kappa shape index (κ2) is 6.12. The first-order valence-electron chi connectivity index (χ1n) is 8.58. The molecule has 23 heavy (non-hydrogen) atoms. The minimum atomic E-state index is -0.337. The molecule has 0 aliphatic carbocycles. The molecule has 0 radical (unpaired) electrons. The summed E-state index contributed by atoms with van der Waals surface area (Å²) in [4.78, 5) is 0. The van der Waals surface area contributed by atoms with Crippen molar-refractivity contribution in [2.45, 2.75) is 57.7 Å². The summed E-state index contributed by atoms with van der Waals surface area (Å²) < 4.78 is 18.0. The van der Waals surface area contributed by atoms with Crippen LogP contribution in [0.25, 0.3) is 0 Å². The third-order valence-corrected chi connectivity index (χ3v) is 5.56. The quantitative estimate of drug-likeness (QED) is 0.870. The van der Waals surface area contributed by atoms with Crippen molar-refractivity contribution in [1.29, 1.82) is 0 Å². The Morgan fingerprint density at radius 3 is 2.26 bits per heavy atom. The number of hydrogen-bond acceptors (Lipinski definition) is 4. The van der Waals surface area contributed by atoms with Crippen molar-refractivity contribution in [3.05, 3.63) is 23.8 Å². The number of nitrogens with one attached hydrogen (secondary N) is 1. The fourth-order valence-corrected chi connectivity index (χ4v) is 3.32. The average molecular weight is 317 g/mol. The topological polar surface area (TPSA) is 39.7 Å². The molecule has 0 atom stereocenters. The van der Waals surface area contributed by atoms with Gasteiger partial charge in [-0.05, 0) is 76.6 Å². The second-order valence-electron chi connectivity index (χ2n) is 7.61. The molecule has 0 aromatic heterocycles. The van der Waals surface area contributed by atoms with Crippen molar-refractivity contribution < 1.29 is 14.0 Å². The lowest BCUT2D eigenvalue weighted by Crippen LogP contribution is -2.41. The van der Waals surface area contributed by atoms with Crippen LogP contribution in [0.1, 0.15) is 52.0 Å². The molecular weight excluding hydrogens is 289 g/mol. The Hall–Kier alpha value is -1.04. The van der Waals surface area contributed by atoms with E-state index in [-0.39, 0.29) is 18.3 Å². The van der Waals surface area contributed by atoms with Gasteiger partial charge in [0.25, 0.3) is 0 Å². The molecule has 126 valence electrons. The van der Waals surface area contributed by atoms with Crippen molar-refractivity contribution in [1.82, 2.24) is 5.32 Å². The molecule has 0 unspecified atom stereocenters. The van der Waals surface area contributed by atoms with Gasteiger partial charge < -0.3 is 19.4 Å². The molecule has 2 saturated heterocycles. The van der Waals surface area contributed by atoms with Crippen molar-refractivity contribution in [2.75, 3.05) is 20.2 Å². The zero-order valence-electron chi connectivity index (χ0n) is 14.9. The average Bonchev–Trinajstić information content (AvgIpc) is 2.75. The SMILES string of the molecule is COc1cc(B2OC(C)(C)C(C)(C)O2)ccc1C1CCNCC1. The van der Waals surface area contributed by atoms with Gasteiger partial charge in [0.05, 0.1) is 18.3 Å². The van der Waals surface area contributed by atoms with Gasteiger partial charge in [0, 0.05) is 0 Å². The monoisotopic (exact) mass is 317 g/mol. The largest absolute Gasteiger partial charge is 0.496 e. The van der Waals surface area contributed by atoms with E-state index in [2.05, 4.69) is 51.2 Å². The van der Waals surface area contributed by atoms with E-state index >= 15 is 0 Å². The van der Waals surface area contributed by atoms with Crippen molar-refractivity contribution in [3.8, 4) is 5.75 Å². The lowest BCUT2D eigenvalue weighted by atomic mass is 9.77. The molecule has 0 spiro atoms. The van der Waals surface area contributed by atoms with Crippen LogP contribution in [0.3, 0.4) is 0 Å². The van der Waals surface area contributed by atoms with Gasteiger partial charge in [0.2, 0.25) is 0 Å². The number of hydrogen-bond donors (Lipinski definition) is 1. The van der Waals surface area contributed by atoms with Gasteiger partial charge in [-0.3, -0.25) is 0 Å². The number of piperidine rings is 1. The molecule has 0 amide bonds. The third kappa shape index (κ3) is 3.15. The summed E-state index contributed by atoms with van der Waals surface area (Å²) in [5.41, 5.74) is 1.68. The van der Waals surface area contributed by atoms with Gasteiger partial charge in [0.15, 0.2) is 0 Å². The van der Waals surface area contributed by atoms with Crippen LogP contribution in [-0.4, -0.2) is 38.5 Å². The van der Waals surface area contributed by atoms with Gasteiger partial charge in [-0.1, -0.05) is 12.1 Å². The lowest BCUT2D eigenvalue weighted by molar-refractivity contribution is 0.00578. The predicted molar refractivity (Wildman–Crippen MR) is 93.6 cm³/mol. The molecule has 1 N–H and O–H groups in total. The van der Waals surface area contributed by atoms with Crippen LogP contribution in [0, 0.1) is 0 Å². The summed E-state index contributed by atoms with van der Waals surface area (Å²) in [6, 6.07) is 6.40. The predicted octanol–water partition coefficient (Wildman–Crippen LogP) is 2.46. The van der Waals surface area contributed by atoms with Gasteiger partial charge in [-0.25, -0.2) is 0 Å². The highest BCUT2D eigenvalue weighted by Gasteiger charge is 2.51. The van der Waals surface area contributed by atoms with Crippen LogP contribution in [0.2, 0.25) is 0 Å². The van der Waals surface area contributed by atoms with E-state index in [1.807, 2.05) is 0 Å². The molecule has 2 heterocycles. The van der Waals surface area contributed by atoms with Crippen LogP contribution in [0.15, 0.2) is 18.2 Å². The van der Waals surface area contributed by atoms with Gasteiger partial charge in [-0.2, -0.15) is 0 Å². The third-order valence-electron chi connectivity index (χ3n) is 5.56. The van der Waals surface area contributed by atoms with Crippen LogP contribution >= 0.6 is 0 Å². The Morgan fingerprint density at radius 2 is 1.70 bits per heavy atom. The first-order chi connectivity index (χ1) is 10.8. The zero-order valence-corrected chi connectivity index (χ0v) is 14.9. The first-order valence-corrected chi connectivity index (χ1v) is 8.58. The van der Waals surface area contributed by atoms with Gasteiger partial charge >= 0.3 is 7.12 Å². The number of ether oxygens (including phenoxy) is 1. The van der Waals surface area contributed by atoms with Gasteiger partial charge in [-0.15, -0.1) is 0 Å². The summed E-state index contributed by atoms with van der Waals surface area (Å²) >= 11 is 0. The van der Waals surface area contributed by atoms with Crippen LogP contribution in [0.5, 0.6) is 5.75 Å². The zero-order chi connectivity index (χ0) is 16.7. The summed E-state index contributed by atoms with van der Waals surface area (Å²) in [6.07, 6.45) is 2.32. The maximum absolute atomic E-state index is 6.15. The van der Waals surface area contributed by atoms with Crippen molar-refractivity contribution >= 4 is 12.6 Å². The van der Waals surface area contributed by atoms with E-state index in [0.29, 0.717) is 5.92 Å². The van der Waals surface area contributed by atoms with Crippen molar-refractivity contribution in [3.63, 3.8) is 0 Å². The molecule has 1 aromatic rings. The first kappa shape index (κ1) is 16.8. The molecule has 0 bridgehead atoms. The Morgan fingerprint density at radius 1 is 1.09 bits per heavy atom. The fraction of sp³-hybridized carbons (Fsp3) is 0.667. The smallest absolute Gasteiger partial charge is 0.494 e. The normalized spacial score (nSPS) is 24.0.